The van der Waals surface area contributed by atoms with Crippen LogP contribution in [0.4, 0.5) is 0 Å². The Kier molecular flexibility index (Phi) is 3.76. The molecule has 2 aliphatic heterocycles. The molecule has 0 saturated carbocycles. The molecule has 3 heteroatoms. The summed E-state index contributed by atoms with van der Waals surface area (Å²) in [6.07, 6.45) is 6.43. The van der Waals surface area contributed by atoms with Gasteiger partial charge in [-0.3, -0.25) is 4.90 Å². The number of morpholine rings is 1. The van der Waals surface area contributed by atoms with Crippen molar-refractivity contribution in [3.05, 3.63) is 0 Å². The Bertz CT molecular complexity index is 218. The average Bonchev–Trinajstić information content (AvgIpc) is 2.53. The maximum absolute atomic E-state index is 10.8. The normalized spacial score (nSPS) is 30.7. The maximum atomic E-state index is 10.8. The molecule has 2 aliphatic rings. The van der Waals surface area contributed by atoms with E-state index in [0.717, 1.165) is 38.9 Å². The maximum Gasteiger partial charge on any atom is 0.129 e. The molecule has 2 fully saturated rings. The summed E-state index contributed by atoms with van der Waals surface area (Å²) in [5.74, 6) is 0.317. The highest BCUT2D eigenvalue weighted by molar-refractivity contribution is 5.75. The van der Waals surface area contributed by atoms with Crippen LogP contribution in [0, 0.1) is 0 Å². The van der Waals surface area contributed by atoms with Gasteiger partial charge in [-0.2, -0.15) is 0 Å². The van der Waals surface area contributed by atoms with Crippen LogP contribution in [-0.2, 0) is 9.53 Å². The van der Waals surface area contributed by atoms with E-state index in [2.05, 4.69) is 4.90 Å². The molecule has 2 bridgehead atoms. The highest BCUT2D eigenvalue weighted by Gasteiger charge is 2.33. The van der Waals surface area contributed by atoms with Gasteiger partial charge in [0.05, 0.1) is 12.2 Å². The van der Waals surface area contributed by atoms with Crippen LogP contribution < -0.4 is 0 Å². The third-order valence-corrected chi connectivity index (χ3v) is 3.37. The lowest BCUT2D eigenvalue weighted by molar-refractivity contribution is -0.117. The first-order valence-corrected chi connectivity index (χ1v) is 6.11. The predicted octanol–water partition coefficient (Wildman–Crippen LogP) is 1.61. The van der Waals surface area contributed by atoms with E-state index in [0.29, 0.717) is 18.0 Å². The topological polar surface area (TPSA) is 29.5 Å². The van der Waals surface area contributed by atoms with Crippen molar-refractivity contribution >= 4 is 5.78 Å². The van der Waals surface area contributed by atoms with E-state index < -0.39 is 0 Å². The molecule has 2 heterocycles. The van der Waals surface area contributed by atoms with E-state index in [1.54, 1.807) is 6.92 Å². The fourth-order valence-corrected chi connectivity index (χ4v) is 2.59. The van der Waals surface area contributed by atoms with Gasteiger partial charge in [0.25, 0.3) is 0 Å². The first-order chi connectivity index (χ1) is 7.24. The lowest BCUT2D eigenvalue weighted by Gasteiger charge is -2.31. The minimum absolute atomic E-state index is 0.317. The fraction of sp³-hybridized carbons (Fsp3) is 0.917. The third-order valence-electron chi connectivity index (χ3n) is 3.37. The molecule has 0 radical (unpaired) electrons. The fourth-order valence-electron chi connectivity index (χ4n) is 2.59. The predicted molar refractivity (Wildman–Crippen MR) is 58.9 cm³/mol. The zero-order valence-electron chi connectivity index (χ0n) is 9.58. The Morgan fingerprint density at radius 1 is 1.27 bits per heavy atom. The second-order valence-corrected chi connectivity index (χ2v) is 4.88. The van der Waals surface area contributed by atoms with Crippen LogP contribution >= 0.6 is 0 Å². The summed E-state index contributed by atoms with van der Waals surface area (Å²) in [6, 6.07) is 0. The van der Waals surface area contributed by atoms with Gasteiger partial charge >= 0.3 is 0 Å². The zero-order chi connectivity index (χ0) is 10.7. The Morgan fingerprint density at radius 3 is 2.53 bits per heavy atom. The van der Waals surface area contributed by atoms with E-state index in [9.17, 15) is 4.79 Å². The van der Waals surface area contributed by atoms with Gasteiger partial charge in [-0.15, -0.1) is 0 Å². The SMILES string of the molecule is CC(=O)CCCCN1CC2CCC(C1)O2. The first-order valence-electron chi connectivity index (χ1n) is 6.11. The molecule has 0 N–H and O–H groups in total. The molecule has 2 saturated heterocycles. The molecular weight excluding hydrogens is 190 g/mol. The Balaban J connectivity index is 1.61. The number of fused-ring (bicyclic) bond motifs is 2. The van der Waals surface area contributed by atoms with Crippen molar-refractivity contribution in [3.63, 3.8) is 0 Å². The molecule has 2 unspecified atom stereocenters. The monoisotopic (exact) mass is 211 g/mol. The van der Waals surface area contributed by atoms with Crippen molar-refractivity contribution < 1.29 is 9.53 Å². The Morgan fingerprint density at radius 2 is 1.93 bits per heavy atom. The van der Waals surface area contributed by atoms with Gasteiger partial charge < -0.3 is 9.53 Å². The van der Waals surface area contributed by atoms with Gasteiger partial charge in [-0.05, 0) is 39.2 Å². The summed E-state index contributed by atoms with van der Waals surface area (Å²) in [6.45, 7) is 5.03. The Labute approximate surface area is 91.8 Å². The van der Waals surface area contributed by atoms with Gasteiger partial charge in [0, 0.05) is 19.5 Å². The number of hydrogen-bond acceptors (Lipinski definition) is 3. The minimum atomic E-state index is 0.317. The molecule has 0 spiro atoms. The number of unbranched alkanes of at least 4 members (excludes halogenated alkanes) is 1. The van der Waals surface area contributed by atoms with Crippen LogP contribution in [0.2, 0.25) is 0 Å². The van der Waals surface area contributed by atoms with Gasteiger partial charge in [-0.1, -0.05) is 0 Å². The van der Waals surface area contributed by atoms with Gasteiger partial charge in [0.1, 0.15) is 5.78 Å². The van der Waals surface area contributed by atoms with E-state index in [-0.39, 0.29) is 0 Å². The molecule has 0 amide bonds. The Hall–Kier alpha value is -0.410. The van der Waals surface area contributed by atoms with Crippen molar-refractivity contribution in [1.29, 1.82) is 0 Å². The lowest BCUT2D eigenvalue weighted by Crippen LogP contribution is -2.42. The van der Waals surface area contributed by atoms with E-state index in [1.807, 2.05) is 0 Å². The summed E-state index contributed by atoms with van der Waals surface area (Å²) in [4.78, 5) is 13.3. The van der Waals surface area contributed by atoms with Gasteiger partial charge in [-0.25, -0.2) is 0 Å². The van der Waals surface area contributed by atoms with E-state index >= 15 is 0 Å². The molecule has 0 aliphatic carbocycles. The number of Topliss-reactive ketones (excluding diaryl/α,β-unsaturated/α-hetero) is 1. The number of nitrogens with zero attached hydrogens (tertiary/aromatic N) is 1. The number of rotatable bonds is 5. The van der Waals surface area contributed by atoms with Crippen LogP contribution in [0.15, 0.2) is 0 Å². The van der Waals surface area contributed by atoms with Crippen molar-refractivity contribution in [3.8, 4) is 0 Å². The number of likely N-dealkylation sites (tertiary alicyclic amines) is 1. The quantitative estimate of drug-likeness (QED) is 0.647. The van der Waals surface area contributed by atoms with E-state index in [4.69, 9.17) is 4.74 Å². The smallest absolute Gasteiger partial charge is 0.129 e. The van der Waals surface area contributed by atoms with Crippen LogP contribution in [0.1, 0.15) is 39.0 Å². The second kappa shape index (κ2) is 5.08. The lowest BCUT2D eigenvalue weighted by atomic mass is 10.2. The molecule has 2 atom stereocenters. The number of hydrogen-bond donors (Lipinski definition) is 0. The summed E-state index contributed by atoms with van der Waals surface area (Å²) >= 11 is 0. The van der Waals surface area contributed by atoms with Gasteiger partial charge in [0.15, 0.2) is 0 Å². The number of carbonyl (C=O) groups excluding carboxylic acids is 1. The van der Waals surface area contributed by atoms with Crippen LogP contribution in [0.5, 0.6) is 0 Å². The second-order valence-electron chi connectivity index (χ2n) is 4.88. The largest absolute Gasteiger partial charge is 0.372 e. The standard InChI is InChI=1S/C12H21NO2/c1-10(14)4-2-3-7-13-8-11-5-6-12(9-13)15-11/h11-12H,2-9H2,1H3. The molecule has 3 nitrogen and oxygen atoms in total. The molecule has 0 aromatic carbocycles. The van der Waals surface area contributed by atoms with Crippen LogP contribution in [-0.4, -0.2) is 42.5 Å². The summed E-state index contributed by atoms with van der Waals surface area (Å²) in [7, 11) is 0. The minimum Gasteiger partial charge on any atom is -0.372 e. The number of ketones is 1. The van der Waals surface area contributed by atoms with Crippen molar-refractivity contribution in [2.75, 3.05) is 19.6 Å². The number of carbonyl (C=O) groups is 1. The first kappa shape index (κ1) is 11.1. The molecule has 0 aromatic rings. The summed E-state index contributed by atoms with van der Waals surface area (Å²) in [5, 5.41) is 0. The van der Waals surface area contributed by atoms with Crippen LogP contribution in [0.3, 0.4) is 0 Å². The molecular formula is C12H21NO2. The number of ether oxygens (including phenoxy) is 1. The average molecular weight is 211 g/mol. The van der Waals surface area contributed by atoms with Crippen molar-refractivity contribution in [1.82, 2.24) is 4.90 Å². The summed E-state index contributed by atoms with van der Waals surface area (Å²) < 4.78 is 5.78. The van der Waals surface area contributed by atoms with Crippen LogP contribution in [0.25, 0.3) is 0 Å². The summed E-state index contributed by atoms with van der Waals surface area (Å²) in [5.41, 5.74) is 0. The molecule has 0 aromatic heterocycles. The zero-order valence-corrected chi connectivity index (χ0v) is 9.58. The van der Waals surface area contributed by atoms with E-state index in [1.165, 1.54) is 12.8 Å². The third kappa shape index (κ3) is 3.28. The van der Waals surface area contributed by atoms with Crippen molar-refractivity contribution in [2.45, 2.75) is 51.2 Å². The molecule has 2 rings (SSSR count). The molecule has 15 heavy (non-hydrogen) atoms. The van der Waals surface area contributed by atoms with Gasteiger partial charge in [0.2, 0.25) is 0 Å². The highest BCUT2D eigenvalue weighted by Crippen LogP contribution is 2.26. The van der Waals surface area contributed by atoms with Crippen molar-refractivity contribution in [2.24, 2.45) is 0 Å². The highest BCUT2D eigenvalue weighted by atomic mass is 16.5. The molecule has 86 valence electrons.